The Morgan fingerprint density at radius 3 is 2.35 bits per heavy atom. The highest BCUT2D eigenvalue weighted by molar-refractivity contribution is 5.33. The molecule has 17 heavy (non-hydrogen) atoms. The van der Waals surface area contributed by atoms with Crippen molar-refractivity contribution < 1.29 is 8.78 Å². The van der Waals surface area contributed by atoms with Gasteiger partial charge in [0.05, 0.1) is 0 Å². The predicted octanol–water partition coefficient (Wildman–Crippen LogP) is 3.43. The molecule has 1 fully saturated rings. The van der Waals surface area contributed by atoms with E-state index in [1.165, 1.54) is 6.42 Å². The second-order valence-electron chi connectivity index (χ2n) is 5.13. The zero-order chi connectivity index (χ0) is 12.5. The Balaban J connectivity index is 2.46. The van der Waals surface area contributed by atoms with Gasteiger partial charge in [0.2, 0.25) is 0 Å². The number of halogens is 2. The lowest BCUT2D eigenvalue weighted by molar-refractivity contribution is 0.291. The molecule has 3 heteroatoms. The van der Waals surface area contributed by atoms with Crippen LogP contribution in [0.2, 0.25) is 0 Å². The summed E-state index contributed by atoms with van der Waals surface area (Å²) < 4.78 is 27.2. The van der Waals surface area contributed by atoms with Gasteiger partial charge in [0.25, 0.3) is 0 Å². The minimum Gasteiger partial charge on any atom is -0.330 e. The fraction of sp³-hybridized carbons (Fsp3) is 0.571. The van der Waals surface area contributed by atoms with E-state index in [0.29, 0.717) is 17.7 Å². The van der Waals surface area contributed by atoms with Gasteiger partial charge in [-0.2, -0.15) is 0 Å². The van der Waals surface area contributed by atoms with E-state index in [4.69, 9.17) is 5.73 Å². The van der Waals surface area contributed by atoms with Crippen molar-refractivity contribution in [3.8, 4) is 0 Å². The summed E-state index contributed by atoms with van der Waals surface area (Å²) in [6.45, 7) is 2.11. The minimum absolute atomic E-state index is 0.277. The number of aryl methyl sites for hydroxylation is 1. The lowest BCUT2D eigenvalue weighted by Gasteiger charge is -2.37. The molecule has 0 heterocycles. The fourth-order valence-corrected chi connectivity index (χ4v) is 2.88. The fourth-order valence-electron chi connectivity index (χ4n) is 2.88. The smallest absolute Gasteiger partial charge is 0.129 e. The monoisotopic (exact) mass is 239 g/mol. The van der Waals surface area contributed by atoms with Gasteiger partial charge in [0.15, 0.2) is 0 Å². The van der Waals surface area contributed by atoms with Gasteiger partial charge in [0.1, 0.15) is 11.6 Å². The maximum Gasteiger partial charge on any atom is 0.129 e. The van der Waals surface area contributed by atoms with Crippen LogP contribution in [0.1, 0.15) is 43.2 Å². The third kappa shape index (κ3) is 2.21. The summed E-state index contributed by atoms with van der Waals surface area (Å²) in [6.07, 6.45) is 5.15. The van der Waals surface area contributed by atoms with E-state index in [1.807, 2.05) is 0 Å². The Bertz CT molecular complexity index is 409. The van der Waals surface area contributed by atoms with E-state index in [0.717, 1.165) is 31.7 Å². The van der Waals surface area contributed by atoms with Crippen LogP contribution in [0.5, 0.6) is 0 Å². The largest absolute Gasteiger partial charge is 0.330 e. The third-order valence-electron chi connectivity index (χ3n) is 4.02. The molecule has 2 N–H and O–H groups in total. The zero-order valence-electron chi connectivity index (χ0n) is 10.2. The van der Waals surface area contributed by atoms with Crippen LogP contribution in [0, 0.1) is 18.6 Å². The number of hydrogen-bond acceptors (Lipinski definition) is 1. The van der Waals surface area contributed by atoms with Crippen LogP contribution in [0.3, 0.4) is 0 Å². The summed E-state index contributed by atoms with van der Waals surface area (Å²) >= 11 is 0. The van der Waals surface area contributed by atoms with Crippen LogP contribution >= 0.6 is 0 Å². The standard InChI is InChI=1S/C14H19F2N/c1-10-7-11(13(16)8-12(10)15)14(9-17)5-3-2-4-6-14/h7-8H,2-6,9,17H2,1H3. The van der Waals surface area contributed by atoms with Crippen LogP contribution in [0.25, 0.3) is 0 Å². The molecule has 0 spiro atoms. The van der Waals surface area contributed by atoms with Gasteiger partial charge in [-0.05, 0) is 37.0 Å². The van der Waals surface area contributed by atoms with Crippen molar-refractivity contribution in [1.29, 1.82) is 0 Å². The van der Waals surface area contributed by atoms with Crippen molar-refractivity contribution in [1.82, 2.24) is 0 Å². The number of rotatable bonds is 2. The summed E-state index contributed by atoms with van der Waals surface area (Å²) in [7, 11) is 0. The van der Waals surface area contributed by atoms with E-state index >= 15 is 0 Å². The highest BCUT2D eigenvalue weighted by Crippen LogP contribution is 2.40. The van der Waals surface area contributed by atoms with Crippen molar-refractivity contribution in [3.63, 3.8) is 0 Å². The van der Waals surface area contributed by atoms with E-state index in [1.54, 1.807) is 13.0 Å². The van der Waals surface area contributed by atoms with Crippen molar-refractivity contribution in [2.45, 2.75) is 44.4 Å². The van der Waals surface area contributed by atoms with Crippen LogP contribution in [-0.2, 0) is 5.41 Å². The van der Waals surface area contributed by atoms with E-state index in [9.17, 15) is 8.78 Å². The SMILES string of the molecule is Cc1cc(C2(CN)CCCCC2)c(F)cc1F. The van der Waals surface area contributed by atoms with Crippen LogP contribution < -0.4 is 5.73 Å². The van der Waals surface area contributed by atoms with Crippen LogP contribution in [0.4, 0.5) is 8.78 Å². The van der Waals surface area contributed by atoms with Crippen molar-refractivity contribution in [3.05, 3.63) is 34.9 Å². The molecule has 0 aromatic heterocycles. The summed E-state index contributed by atoms with van der Waals surface area (Å²) in [4.78, 5) is 0. The average Bonchev–Trinajstić information content (AvgIpc) is 2.34. The van der Waals surface area contributed by atoms with Gasteiger partial charge in [0, 0.05) is 18.0 Å². The molecule has 0 aliphatic heterocycles. The second-order valence-corrected chi connectivity index (χ2v) is 5.13. The average molecular weight is 239 g/mol. The topological polar surface area (TPSA) is 26.0 Å². The molecule has 0 radical (unpaired) electrons. The maximum atomic E-state index is 14.0. The predicted molar refractivity (Wildman–Crippen MR) is 64.9 cm³/mol. The van der Waals surface area contributed by atoms with Gasteiger partial charge >= 0.3 is 0 Å². The normalized spacial score (nSPS) is 19.3. The molecule has 94 valence electrons. The van der Waals surface area contributed by atoms with Crippen LogP contribution in [0.15, 0.2) is 12.1 Å². The van der Waals surface area contributed by atoms with E-state index in [-0.39, 0.29) is 5.41 Å². The first kappa shape index (κ1) is 12.5. The maximum absolute atomic E-state index is 14.0. The van der Waals surface area contributed by atoms with Gasteiger partial charge in [-0.3, -0.25) is 0 Å². The third-order valence-corrected chi connectivity index (χ3v) is 4.02. The molecular formula is C14H19F2N. The first-order chi connectivity index (χ1) is 8.09. The van der Waals surface area contributed by atoms with Crippen molar-refractivity contribution in [2.75, 3.05) is 6.54 Å². The molecule has 1 aliphatic carbocycles. The molecule has 0 atom stereocenters. The highest BCUT2D eigenvalue weighted by atomic mass is 19.1. The Hall–Kier alpha value is -0.960. The van der Waals surface area contributed by atoms with Crippen LogP contribution in [-0.4, -0.2) is 6.54 Å². The molecule has 1 aromatic rings. The second kappa shape index (κ2) is 4.73. The van der Waals surface area contributed by atoms with E-state index < -0.39 is 11.6 Å². The first-order valence-corrected chi connectivity index (χ1v) is 6.25. The Morgan fingerprint density at radius 1 is 1.12 bits per heavy atom. The molecule has 0 amide bonds. The van der Waals surface area contributed by atoms with Gasteiger partial charge < -0.3 is 5.73 Å². The van der Waals surface area contributed by atoms with Gasteiger partial charge in [-0.1, -0.05) is 19.3 Å². The number of benzene rings is 1. The summed E-state index contributed by atoms with van der Waals surface area (Å²) in [5, 5.41) is 0. The van der Waals surface area contributed by atoms with Gasteiger partial charge in [-0.15, -0.1) is 0 Å². The summed E-state index contributed by atoms with van der Waals surface area (Å²) in [5.74, 6) is -0.922. The quantitative estimate of drug-likeness (QED) is 0.840. The number of hydrogen-bond donors (Lipinski definition) is 1. The molecule has 1 aromatic carbocycles. The molecular weight excluding hydrogens is 220 g/mol. The Labute approximate surface area is 101 Å². The lowest BCUT2D eigenvalue weighted by atomic mass is 9.69. The zero-order valence-corrected chi connectivity index (χ0v) is 10.2. The highest BCUT2D eigenvalue weighted by Gasteiger charge is 2.35. The first-order valence-electron chi connectivity index (χ1n) is 6.25. The minimum atomic E-state index is -0.478. The molecule has 0 saturated heterocycles. The number of nitrogens with two attached hydrogens (primary N) is 1. The molecule has 1 nitrogen and oxygen atoms in total. The van der Waals surface area contributed by atoms with Crippen molar-refractivity contribution >= 4 is 0 Å². The Kier molecular flexibility index (Phi) is 3.48. The molecule has 1 saturated carbocycles. The summed E-state index contributed by atoms with van der Waals surface area (Å²) in [5.41, 5.74) is 6.70. The van der Waals surface area contributed by atoms with Crippen molar-refractivity contribution in [2.24, 2.45) is 5.73 Å². The lowest BCUT2D eigenvalue weighted by Crippen LogP contribution is -2.38. The molecule has 2 rings (SSSR count). The molecule has 0 unspecified atom stereocenters. The molecule has 1 aliphatic rings. The summed E-state index contributed by atoms with van der Waals surface area (Å²) in [6, 6.07) is 2.64. The van der Waals surface area contributed by atoms with E-state index in [2.05, 4.69) is 0 Å². The Morgan fingerprint density at radius 2 is 1.76 bits per heavy atom. The molecule has 0 bridgehead atoms. The van der Waals surface area contributed by atoms with Gasteiger partial charge in [-0.25, -0.2) is 8.78 Å².